The van der Waals surface area contributed by atoms with E-state index in [0.29, 0.717) is 0 Å². The van der Waals surface area contributed by atoms with Crippen LogP contribution in [0.3, 0.4) is 0 Å². The normalized spacial score (nSPS) is 11.1. The molecule has 0 aliphatic rings. The number of anilines is 1. The lowest BCUT2D eigenvalue weighted by molar-refractivity contribution is 0.375. The summed E-state index contributed by atoms with van der Waals surface area (Å²) in [5, 5.41) is 4.79. The molecule has 1 heterocycles. The van der Waals surface area contributed by atoms with Crippen molar-refractivity contribution in [3.63, 3.8) is 0 Å². The van der Waals surface area contributed by atoms with Crippen molar-refractivity contribution < 1.29 is 0 Å². The maximum absolute atomic E-state index is 6.48. The molecule has 0 aliphatic carbocycles. The number of rotatable bonds is 5. The van der Waals surface area contributed by atoms with Crippen LogP contribution in [0.15, 0.2) is 60.7 Å². The van der Waals surface area contributed by atoms with E-state index in [4.69, 9.17) is 10.8 Å². The standard InChI is InChI=1S/C19H22N4/c1-22(2)13-14-23-19(16-11-7-4-8-12-16)17(20)18(21-23)15-9-5-3-6-10-15/h3-12H,13-14,20H2,1-2H3. The van der Waals surface area contributed by atoms with Gasteiger partial charge in [0.25, 0.3) is 0 Å². The molecule has 4 heteroatoms. The maximum atomic E-state index is 6.48. The topological polar surface area (TPSA) is 47.1 Å². The molecule has 0 unspecified atom stereocenters. The highest BCUT2D eigenvalue weighted by atomic mass is 15.3. The second-order valence-electron chi connectivity index (χ2n) is 5.87. The third kappa shape index (κ3) is 3.27. The Labute approximate surface area is 137 Å². The highest BCUT2D eigenvalue weighted by Gasteiger charge is 2.18. The molecule has 0 saturated carbocycles. The summed E-state index contributed by atoms with van der Waals surface area (Å²) in [6.07, 6.45) is 0. The van der Waals surface area contributed by atoms with Crippen LogP contribution in [0.25, 0.3) is 22.5 Å². The van der Waals surface area contributed by atoms with Crippen molar-refractivity contribution in [2.45, 2.75) is 6.54 Å². The van der Waals surface area contributed by atoms with Crippen LogP contribution in [0.2, 0.25) is 0 Å². The largest absolute Gasteiger partial charge is 0.395 e. The van der Waals surface area contributed by atoms with Crippen LogP contribution in [-0.2, 0) is 6.54 Å². The van der Waals surface area contributed by atoms with Gasteiger partial charge in [0.2, 0.25) is 0 Å². The summed E-state index contributed by atoms with van der Waals surface area (Å²) in [6.45, 7) is 1.71. The molecule has 0 bridgehead atoms. The molecule has 0 spiro atoms. The maximum Gasteiger partial charge on any atom is 0.116 e. The number of nitrogen functional groups attached to an aromatic ring is 1. The second-order valence-corrected chi connectivity index (χ2v) is 5.87. The van der Waals surface area contributed by atoms with Crippen LogP contribution in [-0.4, -0.2) is 35.3 Å². The van der Waals surface area contributed by atoms with E-state index in [-0.39, 0.29) is 0 Å². The van der Waals surface area contributed by atoms with Gasteiger partial charge >= 0.3 is 0 Å². The molecule has 3 rings (SSSR count). The zero-order valence-corrected chi connectivity index (χ0v) is 13.6. The average molecular weight is 306 g/mol. The summed E-state index contributed by atoms with van der Waals surface area (Å²) in [7, 11) is 4.13. The van der Waals surface area contributed by atoms with Crippen LogP contribution in [0, 0.1) is 0 Å². The molecule has 118 valence electrons. The minimum atomic E-state index is 0.737. The number of aromatic nitrogens is 2. The average Bonchev–Trinajstić information content (AvgIpc) is 2.91. The molecule has 0 saturated heterocycles. The van der Waals surface area contributed by atoms with Crippen LogP contribution >= 0.6 is 0 Å². The predicted octanol–water partition coefficient (Wildman–Crippen LogP) is 3.36. The predicted molar refractivity (Wildman–Crippen MR) is 96.1 cm³/mol. The van der Waals surface area contributed by atoms with Gasteiger partial charge in [0, 0.05) is 17.7 Å². The van der Waals surface area contributed by atoms with Crippen LogP contribution in [0.5, 0.6) is 0 Å². The minimum absolute atomic E-state index is 0.737. The van der Waals surface area contributed by atoms with Crippen molar-refractivity contribution in [1.82, 2.24) is 14.7 Å². The van der Waals surface area contributed by atoms with Gasteiger partial charge in [0.1, 0.15) is 5.69 Å². The van der Waals surface area contributed by atoms with E-state index in [1.54, 1.807) is 0 Å². The van der Waals surface area contributed by atoms with Gasteiger partial charge in [-0.2, -0.15) is 5.10 Å². The summed E-state index contributed by atoms with van der Waals surface area (Å²) < 4.78 is 2.02. The minimum Gasteiger partial charge on any atom is -0.395 e. The fraction of sp³-hybridized carbons (Fsp3) is 0.211. The molecule has 2 aromatic carbocycles. The van der Waals surface area contributed by atoms with Crippen molar-refractivity contribution in [1.29, 1.82) is 0 Å². The van der Waals surface area contributed by atoms with Gasteiger partial charge in [-0.3, -0.25) is 4.68 Å². The first-order valence-corrected chi connectivity index (χ1v) is 7.78. The van der Waals surface area contributed by atoms with Crippen LogP contribution < -0.4 is 5.73 Å². The lowest BCUT2D eigenvalue weighted by Crippen LogP contribution is -2.19. The molecular formula is C19H22N4. The Kier molecular flexibility index (Phi) is 4.44. The lowest BCUT2D eigenvalue weighted by atomic mass is 10.1. The van der Waals surface area contributed by atoms with Crippen molar-refractivity contribution in [3.8, 4) is 22.5 Å². The smallest absolute Gasteiger partial charge is 0.116 e. The number of benzene rings is 2. The third-order valence-electron chi connectivity index (χ3n) is 3.84. The molecule has 0 aliphatic heterocycles. The Morgan fingerprint density at radius 3 is 2.04 bits per heavy atom. The van der Waals surface area contributed by atoms with E-state index >= 15 is 0 Å². The van der Waals surface area contributed by atoms with Gasteiger partial charge in [0.15, 0.2) is 0 Å². The highest BCUT2D eigenvalue weighted by molar-refractivity contribution is 5.85. The summed E-state index contributed by atoms with van der Waals surface area (Å²) in [6, 6.07) is 20.3. The van der Waals surface area contributed by atoms with Crippen molar-refractivity contribution in [3.05, 3.63) is 60.7 Å². The van der Waals surface area contributed by atoms with Gasteiger partial charge in [0.05, 0.1) is 17.9 Å². The first-order chi connectivity index (χ1) is 11.2. The molecule has 3 aromatic rings. The van der Waals surface area contributed by atoms with Gasteiger partial charge in [-0.25, -0.2) is 0 Å². The fourth-order valence-electron chi connectivity index (χ4n) is 2.64. The summed E-state index contributed by atoms with van der Waals surface area (Å²) in [5.74, 6) is 0. The molecule has 0 amide bonds. The monoisotopic (exact) mass is 306 g/mol. The summed E-state index contributed by atoms with van der Waals surface area (Å²) >= 11 is 0. The van der Waals surface area contributed by atoms with Crippen LogP contribution in [0.4, 0.5) is 5.69 Å². The zero-order chi connectivity index (χ0) is 16.2. The number of hydrogen-bond donors (Lipinski definition) is 1. The second kappa shape index (κ2) is 6.67. The first kappa shape index (κ1) is 15.3. The Bertz CT molecular complexity index is 761. The number of nitrogens with two attached hydrogens (primary N) is 1. The molecule has 0 fully saturated rings. The Morgan fingerprint density at radius 2 is 1.48 bits per heavy atom. The van der Waals surface area contributed by atoms with Gasteiger partial charge in [-0.15, -0.1) is 0 Å². The quantitative estimate of drug-likeness (QED) is 0.786. The summed E-state index contributed by atoms with van der Waals surface area (Å²) in [4.78, 5) is 2.15. The van der Waals surface area contributed by atoms with E-state index in [9.17, 15) is 0 Å². The Morgan fingerprint density at radius 1 is 0.913 bits per heavy atom. The van der Waals surface area contributed by atoms with E-state index < -0.39 is 0 Å². The molecule has 1 aromatic heterocycles. The van der Waals surface area contributed by atoms with Crippen molar-refractivity contribution >= 4 is 5.69 Å². The van der Waals surface area contributed by atoms with Crippen molar-refractivity contribution in [2.24, 2.45) is 0 Å². The van der Waals surface area contributed by atoms with E-state index in [0.717, 1.165) is 41.3 Å². The third-order valence-corrected chi connectivity index (χ3v) is 3.84. The lowest BCUT2D eigenvalue weighted by Gasteiger charge is -2.12. The van der Waals surface area contributed by atoms with Crippen molar-refractivity contribution in [2.75, 3.05) is 26.4 Å². The molecular weight excluding hydrogens is 284 g/mol. The Hall–Kier alpha value is -2.59. The van der Waals surface area contributed by atoms with Gasteiger partial charge < -0.3 is 10.6 Å². The molecule has 2 N–H and O–H groups in total. The van der Waals surface area contributed by atoms with E-state index in [1.165, 1.54) is 0 Å². The number of likely N-dealkylation sites (N-methyl/N-ethyl adjacent to an activating group) is 1. The van der Waals surface area contributed by atoms with E-state index in [1.807, 2.05) is 53.2 Å². The van der Waals surface area contributed by atoms with Crippen LogP contribution in [0.1, 0.15) is 0 Å². The summed E-state index contributed by atoms with van der Waals surface area (Å²) in [5.41, 5.74) is 11.2. The fourth-order valence-corrected chi connectivity index (χ4v) is 2.64. The Balaban J connectivity index is 2.10. The number of nitrogens with zero attached hydrogens (tertiary/aromatic N) is 3. The van der Waals surface area contributed by atoms with Gasteiger partial charge in [-0.1, -0.05) is 60.7 Å². The van der Waals surface area contributed by atoms with Gasteiger partial charge in [-0.05, 0) is 14.1 Å². The molecule has 0 atom stereocenters. The molecule has 0 radical (unpaired) electrons. The SMILES string of the molecule is CN(C)CCn1nc(-c2ccccc2)c(N)c1-c1ccccc1. The molecule has 23 heavy (non-hydrogen) atoms. The van der Waals surface area contributed by atoms with E-state index in [2.05, 4.69) is 31.1 Å². The molecule has 4 nitrogen and oxygen atoms in total. The first-order valence-electron chi connectivity index (χ1n) is 7.78. The zero-order valence-electron chi connectivity index (χ0n) is 13.6. The highest BCUT2D eigenvalue weighted by Crippen LogP contribution is 2.34. The number of hydrogen-bond acceptors (Lipinski definition) is 3.